The average Bonchev–Trinajstić information content (AvgIpc) is 2.95. The number of para-hydroxylation sites is 1. The molecular weight excluding hydrogens is 416 g/mol. The molecule has 2 amide bonds. The van der Waals surface area contributed by atoms with Gasteiger partial charge >= 0.3 is 5.97 Å². The number of hydrogen-bond acceptors (Lipinski definition) is 7. The van der Waals surface area contributed by atoms with Gasteiger partial charge in [0.1, 0.15) is 11.5 Å². The number of rotatable bonds is 6. The normalized spacial score (nSPS) is 14.9. The smallest absolute Gasteiger partial charge is 0.341 e. The third-order valence-corrected chi connectivity index (χ3v) is 5.00. The Kier molecular flexibility index (Phi) is 6.15. The fourth-order valence-corrected chi connectivity index (χ4v) is 3.53. The molecule has 3 rings (SSSR count). The minimum absolute atomic E-state index is 0.0128. The van der Waals surface area contributed by atoms with E-state index >= 15 is 0 Å². The van der Waals surface area contributed by atoms with Gasteiger partial charge in [-0.25, -0.2) is 4.79 Å². The van der Waals surface area contributed by atoms with E-state index in [1.54, 1.807) is 24.3 Å². The lowest BCUT2D eigenvalue weighted by Crippen LogP contribution is -2.44. The summed E-state index contributed by atoms with van der Waals surface area (Å²) in [5, 5.41) is 19.0. The van der Waals surface area contributed by atoms with E-state index in [1.807, 2.05) is 0 Å². The van der Waals surface area contributed by atoms with Crippen LogP contribution < -0.4 is 10.2 Å². The molecule has 0 aromatic heterocycles. The number of ether oxygens (including phenoxy) is 1. The second-order valence-corrected chi connectivity index (χ2v) is 7.40. The summed E-state index contributed by atoms with van der Waals surface area (Å²) in [5.41, 5.74) is 3.18. The predicted molar refractivity (Wildman–Crippen MR) is 110 cm³/mol. The van der Waals surface area contributed by atoms with Gasteiger partial charge < -0.3 is 14.9 Å². The molecule has 0 saturated carbocycles. The van der Waals surface area contributed by atoms with Gasteiger partial charge in [-0.1, -0.05) is 30.0 Å². The quantitative estimate of drug-likeness (QED) is 0.473. The maximum atomic E-state index is 12.7. The molecule has 2 aromatic rings. The Labute approximate surface area is 174 Å². The number of amides is 2. The maximum Gasteiger partial charge on any atom is 0.341 e. The molecule has 29 heavy (non-hydrogen) atoms. The third-order valence-electron chi connectivity index (χ3n) is 3.69. The number of phenolic OH excluding ortho intramolecular Hbond substituents is 1. The van der Waals surface area contributed by atoms with Crippen LogP contribution in [0.1, 0.15) is 15.9 Å². The molecule has 2 aromatic carbocycles. The first kappa shape index (κ1) is 20.4. The van der Waals surface area contributed by atoms with E-state index in [1.165, 1.54) is 30.3 Å². The molecule has 0 aliphatic carbocycles. The summed E-state index contributed by atoms with van der Waals surface area (Å²) >= 11 is 6.17. The van der Waals surface area contributed by atoms with Crippen molar-refractivity contribution in [3.63, 3.8) is 0 Å². The summed E-state index contributed by atoms with van der Waals surface area (Å²) in [5.74, 6) is -1.90. The number of nitrogens with zero attached hydrogens (tertiary/aromatic N) is 1. The summed E-state index contributed by atoms with van der Waals surface area (Å²) in [7, 11) is 0. The van der Waals surface area contributed by atoms with Crippen molar-refractivity contribution in [3.05, 3.63) is 64.6 Å². The third kappa shape index (κ3) is 4.92. The van der Waals surface area contributed by atoms with E-state index in [-0.39, 0.29) is 20.5 Å². The number of carboxylic acid groups (broad SMARTS) is 1. The summed E-state index contributed by atoms with van der Waals surface area (Å²) in [4.78, 5) is 36.0. The monoisotopic (exact) mass is 430 g/mol. The highest BCUT2D eigenvalue weighted by Gasteiger charge is 2.34. The van der Waals surface area contributed by atoms with Crippen molar-refractivity contribution in [2.45, 2.75) is 0 Å². The first-order valence-corrected chi connectivity index (χ1v) is 9.39. The molecule has 1 aliphatic rings. The van der Waals surface area contributed by atoms with Crippen LogP contribution in [-0.2, 0) is 9.59 Å². The van der Waals surface area contributed by atoms with E-state index in [0.717, 1.165) is 16.8 Å². The first-order chi connectivity index (χ1) is 13.8. The molecule has 1 fully saturated rings. The lowest BCUT2D eigenvalue weighted by atomic mass is 10.2. The van der Waals surface area contributed by atoms with E-state index < -0.39 is 24.4 Å². The van der Waals surface area contributed by atoms with Crippen LogP contribution in [0.15, 0.2) is 53.4 Å². The van der Waals surface area contributed by atoms with Gasteiger partial charge in [0, 0.05) is 11.1 Å². The van der Waals surface area contributed by atoms with Crippen molar-refractivity contribution in [3.8, 4) is 11.5 Å². The fourth-order valence-electron chi connectivity index (χ4n) is 2.35. The molecule has 10 heteroatoms. The summed E-state index contributed by atoms with van der Waals surface area (Å²) in [6.07, 6.45) is 1.52. The Morgan fingerprint density at radius 3 is 2.55 bits per heavy atom. The topological polar surface area (TPSA) is 116 Å². The zero-order valence-electron chi connectivity index (χ0n) is 14.7. The zero-order valence-corrected chi connectivity index (χ0v) is 16.3. The Morgan fingerprint density at radius 2 is 1.86 bits per heavy atom. The highest BCUT2D eigenvalue weighted by molar-refractivity contribution is 8.26. The van der Waals surface area contributed by atoms with Gasteiger partial charge in [0.15, 0.2) is 10.9 Å². The number of carbonyl (C=O) groups is 3. The Bertz CT molecular complexity index is 1020. The van der Waals surface area contributed by atoms with E-state index in [0.29, 0.717) is 11.3 Å². The molecule has 0 spiro atoms. The SMILES string of the molecule is O=C(O)COc1ccccc1/C=C1\SC(=S)N(NC(=O)c2ccc(O)cc2)C1=O. The maximum absolute atomic E-state index is 12.7. The van der Waals surface area contributed by atoms with Crippen molar-refractivity contribution in [1.82, 2.24) is 10.4 Å². The van der Waals surface area contributed by atoms with E-state index in [2.05, 4.69) is 5.43 Å². The summed E-state index contributed by atoms with van der Waals surface area (Å²) < 4.78 is 5.36. The molecule has 0 atom stereocenters. The lowest BCUT2D eigenvalue weighted by Gasteiger charge is -2.15. The minimum Gasteiger partial charge on any atom is -0.508 e. The molecule has 1 heterocycles. The van der Waals surface area contributed by atoms with Crippen LogP contribution in [0.5, 0.6) is 11.5 Å². The van der Waals surface area contributed by atoms with Crippen molar-refractivity contribution in [2.75, 3.05) is 6.61 Å². The molecule has 3 N–H and O–H groups in total. The van der Waals surface area contributed by atoms with Gasteiger partial charge in [-0.15, -0.1) is 0 Å². The van der Waals surface area contributed by atoms with Gasteiger partial charge in [0.2, 0.25) is 0 Å². The van der Waals surface area contributed by atoms with Crippen LogP contribution in [0.4, 0.5) is 0 Å². The Balaban J connectivity index is 1.77. The van der Waals surface area contributed by atoms with Crippen LogP contribution in [0.3, 0.4) is 0 Å². The number of aliphatic carboxylic acids is 1. The number of hydrazine groups is 1. The summed E-state index contributed by atoms with van der Waals surface area (Å²) in [6.45, 7) is -0.519. The van der Waals surface area contributed by atoms with Crippen molar-refractivity contribution in [2.24, 2.45) is 0 Å². The number of carboxylic acids is 1. The molecular formula is C19H14N2O6S2. The molecule has 0 bridgehead atoms. The number of aromatic hydroxyl groups is 1. The molecule has 8 nitrogen and oxygen atoms in total. The Hall–Kier alpha value is -3.37. The fraction of sp³-hybridized carbons (Fsp3) is 0.0526. The minimum atomic E-state index is -1.12. The highest BCUT2D eigenvalue weighted by atomic mass is 32.2. The molecule has 148 valence electrons. The van der Waals surface area contributed by atoms with Crippen molar-refractivity contribution < 1.29 is 29.3 Å². The second kappa shape index (κ2) is 8.76. The largest absolute Gasteiger partial charge is 0.508 e. The van der Waals surface area contributed by atoms with Gasteiger partial charge in [0.25, 0.3) is 11.8 Å². The second-order valence-electron chi connectivity index (χ2n) is 5.73. The zero-order chi connectivity index (χ0) is 21.0. The number of phenols is 1. The van der Waals surface area contributed by atoms with Crippen molar-refractivity contribution in [1.29, 1.82) is 0 Å². The first-order valence-electron chi connectivity index (χ1n) is 8.17. The number of carbonyl (C=O) groups excluding carboxylic acids is 2. The lowest BCUT2D eigenvalue weighted by molar-refractivity contribution is -0.139. The average molecular weight is 430 g/mol. The number of thiocarbonyl (C=S) groups is 1. The van der Waals surface area contributed by atoms with E-state index in [9.17, 15) is 19.5 Å². The van der Waals surface area contributed by atoms with Crippen LogP contribution in [0.25, 0.3) is 6.08 Å². The van der Waals surface area contributed by atoms with Crippen molar-refractivity contribution >= 4 is 52.2 Å². The summed E-state index contributed by atoms with van der Waals surface area (Å²) in [6, 6.07) is 12.2. The number of hydrogen-bond donors (Lipinski definition) is 3. The number of benzene rings is 2. The van der Waals surface area contributed by atoms with E-state index in [4.69, 9.17) is 22.1 Å². The molecule has 1 saturated heterocycles. The Morgan fingerprint density at radius 1 is 1.17 bits per heavy atom. The van der Waals surface area contributed by atoms with Crippen LogP contribution in [0, 0.1) is 0 Å². The highest BCUT2D eigenvalue weighted by Crippen LogP contribution is 2.33. The number of nitrogens with one attached hydrogen (secondary N) is 1. The van der Waals surface area contributed by atoms with Gasteiger partial charge in [-0.3, -0.25) is 15.0 Å². The van der Waals surface area contributed by atoms with Crippen LogP contribution in [-0.4, -0.2) is 43.9 Å². The molecule has 0 radical (unpaired) electrons. The van der Waals surface area contributed by atoms with Gasteiger partial charge in [-0.05, 0) is 48.6 Å². The number of thioether (sulfide) groups is 1. The van der Waals surface area contributed by atoms with Gasteiger partial charge in [0.05, 0.1) is 4.91 Å². The molecule has 1 aliphatic heterocycles. The van der Waals surface area contributed by atoms with Crippen LogP contribution >= 0.6 is 24.0 Å². The van der Waals surface area contributed by atoms with Gasteiger partial charge in [-0.2, -0.15) is 5.01 Å². The standard InChI is InChI=1S/C19H14N2O6S2/c22-13-7-5-11(6-8-13)17(25)20-21-18(26)15(29-19(21)28)9-12-3-1-2-4-14(12)27-10-16(23)24/h1-9,22H,10H2,(H,20,25)(H,23,24)/b15-9-. The molecule has 0 unspecified atom stereocenters. The van der Waals surface area contributed by atoms with Crippen LogP contribution in [0.2, 0.25) is 0 Å². The predicted octanol–water partition coefficient (Wildman–Crippen LogP) is 2.40.